The minimum atomic E-state index is -0.940. The van der Waals surface area contributed by atoms with Crippen LogP contribution >= 0.6 is 31.9 Å². The summed E-state index contributed by atoms with van der Waals surface area (Å²) in [4.78, 5) is 11.9. The minimum absolute atomic E-state index is 0.0272. The van der Waals surface area contributed by atoms with Gasteiger partial charge in [0, 0.05) is 10.0 Å². The summed E-state index contributed by atoms with van der Waals surface area (Å²) in [5, 5.41) is 22.8. The number of nitrogens with two attached hydrogens (primary N) is 1. The largest absolute Gasteiger partial charge is 0.506 e. The standard InChI is InChI=1S/C17H16Br2N2O3/c18-10-8-11(17(24)12(19)9-10)15(22)6-3-7-16(23)21-14-5-2-1-4-13(14)20/h1-5,7-9,15,22,24H,6,20H2,(H,21,23)/b7-3+/t15-/m0/s1. The van der Waals surface area contributed by atoms with E-state index in [1.807, 2.05) is 0 Å². The molecule has 0 aromatic heterocycles. The van der Waals surface area contributed by atoms with Gasteiger partial charge in [-0.3, -0.25) is 4.79 Å². The molecule has 0 bridgehead atoms. The molecule has 5 N–H and O–H groups in total. The summed E-state index contributed by atoms with van der Waals surface area (Å²) in [5.41, 5.74) is 7.12. The number of rotatable bonds is 5. The molecule has 0 aliphatic rings. The average molecular weight is 456 g/mol. The van der Waals surface area contributed by atoms with Gasteiger partial charge in [0.2, 0.25) is 5.91 Å². The van der Waals surface area contributed by atoms with E-state index in [1.165, 1.54) is 12.2 Å². The minimum Gasteiger partial charge on any atom is -0.506 e. The Morgan fingerprint density at radius 3 is 2.71 bits per heavy atom. The number of nitrogen functional groups attached to an aromatic ring is 1. The summed E-state index contributed by atoms with van der Waals surface area (Å²) in [5.74, 6) is -0.375. The number of amides is 1. The first-order valence-electron chi connectivity index (χ1n) is 7.06. The topological polar surface area (TPSA) is 95.6 Å². The number of para-hydroxylation sites is 2. The number of phenols is 1. The summed E-state index contributed by atoms with van der Waals surface area (Å²) < 4.78 is 1.20. The van der Waals surface area contributed by atoms with Crippen LogP contribution < -0.4 is 11.1 Å². The zero-order chi connectivity index (χ0) is 17.7. The fourth-order valence-corrected chi connectivity index (χ4v) is 3.31. The molecule has 0 spiro atoms. The Kier molecular flexibility index (Phi) is 6.42. The van der Waals surface area contributed by atoms with Gasteiger partial charge in [0.15, 0.2) is 0 Å². The third-order valence-electron chi connectivity index (χ3n) is 3.26. The Balaban J connectivity index is 1.98. The fraction of sp³-hybridized carbons (Fsp3) is 0.118. The molecule has 1 amide bonds. The third-order valence-corrected chi connectivity index (χ3v) is 4.33. The van der Waals surface area contributed by atoms with E-state index in [9.17, 15) is 15.0 Å². The zero-order valence-corrected chi connectivity index (χ0v) is 15.7. The number of phenolic OH excluding ortho intramolecular Hbond substituents is 1. The number of hydrogen-bond acceptors (Lipinski definition) is 4. The summed E-state index contributed by atoms with van der Waals surface area (Å²) in [7, 11) is 0. The smallest absolute Gasteiger partial charge is 0.248 e. The van der Waals surface area contributed by atoms with Crippen molar-refractivity contribution in [1.29, 1.82) is 0 Å². The summed E-state index contributed by atoms with van der Waals surface area (Å²) in [6, 6.07) is 10.2. The lowest BCUT2D eigenvalue weighted by molar-refractivity contribution is -0.111. The second-order valence-electron chi connectivity index (χ2n) is 5.06. The van der Waals surface area contributed by atoms with Crippen molar-refractivity contribution in [3.05, 3.63) is 63.1 Å². The molecule has 0 radical (unpaired) electrons. The number of carbonyl (C=O) groups excluding carboxylic acids is 1. The number of aromatic hydroxyl groups is 1. The Morgan fingerprint density at radius 2 is 2.00 bits per heavy atom. The quantitative estimate of drug-likeness (QED) is 0.402. The molecule has 2 rings (SSSR count). The molecule has 0 heterocycles. The molecule has 2 aromatic rings. The van der Waals surface area contributed by atoms with E-state index in [1.54, 1.807) is 36.4 Å². The highest BCUT2D eigenvalue weighted by Gasteiger charge is 2.14. The predicted octanol–water partition coefficient (Wildman–Crippen LogP) is 4.12. The number of aliphatic hydroxyl groups is 1. The number of carbonyl (C=O) groups is 1. The number of halogens is 2. The Morgan fingerprint density at radius 1 is 1.29 bits per heavy atom. The van der Waals surface area contributed by atoms with Gasteiger partial charge in [-0.2, -0.15) is 0 Å². The van der Waals surface area contributed by atoms with Crippen LogP contribution in [0.1, 0.15) is 18.1 Å². The van der Waals surface area contributed by atoms with Gasteiger partial charge in [0.05, 0.1) is 22.0 Å². The van der Waals surface area contributed by atoms with Gasteiger partial charge in [-0.25, -0.2) is 0 Å². The SMILES string of the molecule is Nc1ccccc1NC(=O)/C=C/C[C@H](O)c1cc(Br)cc(Br)c1O. The van der Waals surface area contributed by atoms with E-state index in [-0.39, 0.29) is 18.1 Å². The van der Waals surface area contributed by atoms with Crippen LogP contribution in [-0.4, -0.2) is 16.1 Å². The van der Waals surface area contributed by atoms with Gasteiger partial charge in [0.25, 0.3) is 0 Å². The summed E-state index contributed by atoms with van der Waals surface area (Å²) in [6.45, 7) is 0. The van der Waals surface area contributed by atoms with Gasteiger partial charge in [-0.15, -0.1) is 0 Å². The highest BCUT2D eigenvalue weighted by molar-refractivity contribution is 9.11. The van der Waals surface area contributed by atoms with E-state index < -0.39 is 6.10 Å². The number of hydrogen-bond donors (Lipinski definition) is 4. The van der Waals surface area contributed by atoms with Crippen LogP contribution in [0.3, 0.4) is 0 Å². The van der Waals surface area contributed by atoms with Crippen molar-refractivity contribution < 1.29 is 15.0 Å². The maximum Gasteiger partial charge on any atom is 0.248 e. The number of benzene rings is 2. The van der Waals surface area contributed by atoms with Crippen molar-refractivity contribution in [1.82, 2.24) is 0 Å². The van der Waals surface area contributed by atoms with Crippen molar-refractivity contribution in [3.63, 3.8) is 0 Å². The van der Waals surface area contributed by atoms with Crippen LogP contribution in [-0.2, 0) is 4.79 Å². The first-order chi connectivity index (χ1) is 11.4. The lowest BCUT2D eigenvalue weighted by atomic mass is 10.1. The van der Waals surface area contributed by atoms with Gasteiger partial charge < -0.3 is 21.3 Å². The summed E-state index contributed by atoms with van der Waals surface area (Å²) >= 11 is 6.52. The Bertz CT molecular complexity index is 778. The molecule has 0 saturated carbocycles. The van der Waals surface area contributed by atoms with Crippen LogP contribution in [0, 0.1) is 0 Å². The molecular formula is C17H16Br2N2O3. The van der Waals surface area contributed by atoms with Crippen LogP contribution in [0.25, 0.3) is 0 Å². The molecule has 126 valence electrons. The molecule has 0 fully saturated rings. The van der Waals surface area contributed by atoms with Crippen LogP contribution in [0.5, 0.6) is 5.75 Å². The fourth-order valence-electron chi connectivity index (χ4n) is 2.06. The van der Waals surface area contributed by atoms with Gasteiger partial charge >= 0.3 is 0 Å². The number of anilines is 2. The van der Waals surface area contributed by atoms with Crippen molar-refractivity contribution >= 4 is 49.1 Å². The molecule has 0 aliphatic heterocycles. The van der Waals surface area contributed by atoms with E-state index >= 15 is 0 Å². The normalized spacial score (nSPS) is 12.3. The molecule has 5 nitrogen and oxygen atoms in total. The zero-order valence-electron chi connectivity index (χ0n) is 12.5. The number of nitrogens with one attached hydrogen (secondary N) is 1. The van der Waals surface area contributed by atoms with E-state index in [0.717, 1.165) is 4.47 Å². The first-order valence-corrected chi connectivity index (χ1v) is 8.65. The van der Waals surface area contributed by atoms with Gasteiger partial charge in [-0.1, -0.05) is 34.1 Å². The second-order valence-corrected chi connectivity index (χ2v) is 6.83. The monoisotopic (exact) mass is 454 g/mol. The molecule has 2 aromatic carbocycles. The van der Waals surface area contributed by atoms with Crippen molar-refractivity contribution in [2.24, 2.45) is 0 Å². The van der Waals surface area contributed by atoms with E-state index in [2.05, 4.69) is 37.2 Å². The number of aliphatic hydroxyl groups excluding tert-OH is 1. The predicted molar refractivity (Wildman–Crippen MR) is 102 cm³/mol. The Labute approximate surface area is 156 Å². The van der Waals surface area contributed by atoms with Gasteiger partial charge in [-0.05, 0) is 52.7 Å². The van der Waals surface area contributed by atoms with Crippen molar-refractivity contribution in [2.45, 2.75) is 12.5 Å². The Hall–Kier alpha value is -1.83. The lowest BCUT2D eigenvalue weighted by Crippen LogP contribution is -2.09. The van der Waals surface area contributed by atoms with Crippen LogP contribution in [0.2, 0.25) is 0 Å². The van der Waals surface area contributed by atoms with E-state index in [0.29, 0.717) is 21.4 Å². The second kappa shape index (κ2) is 8.32. The van der Waals surface area contributed by atoms with Crippen LogP contribution in [0.15, 0.2) is 57.5 Å². The maximum absolute atomic E-state index is 11.9. The van der Waals surface area contributed by atoms with E-state index in [4.69, 9.17) is 5.73 Å². The molecule has 0 unspecified atom stereocenters. The highest BCUT2D eigenvalue weighted by atomic mass is 79.9. The highest BCUT2D eigenvalue weighted by Crippen LogP contribution is 2.36. The van der Waals surface area contributed by atoms with Crippen molar-refractivity contribution in [2.75, 3.05) is 11.1 Å². The van der Waals surface area contributed by atoms with Crippen LogP contribution in [0.4, 0.5) is 11.4 Å². The molecular weight excluding hydrogens is 440 g/mol. The first kappa shape index (κ1) is 18.5. The lowest BCUT2D eigenvalue weighted by Gasteiger charge is -2.12. The molecule has 7 heteroatoms. The third kappa shape index (κ3) is 4.83. The molecule has 24 heavy (non-hydrogen) atoms. The average Bonchev–Trinajstić information content (AvgIpc) is 2.53. The molecule has 0 aliphatic carbocycles. The maximum atomic E-state index is 11.9. The van der Waals surface area contributed by atoms with Crippen molar-refractivity contribution in [3.8, 4) is 5.75 Å². The summed E-state index contributed by atoms with van der Waals surface area (Å²) in [6.07, 6.45) is 2.09. The molecule has 0 saturated heterocycles. The van der Waals surface area contributed by atoms with Gasteiger partial charge in [0.1, 0.15) is 5.75 Å². The molecule has 1 atom stereocenters.